The molecular weight excluding hydrogens is 322 g/mol. The molecule has 0 radical (unpaired) electrons. The van der Waals surface area contributed by atoms with Crippen LogP contribution in [0, 0.1) is 0 Å². The van der Waals surface area contributed by atoms with Crippen molar-refractivity contribution in [1.82, 2.24) is 9.78 Å². The summed E-state index contributed by atoms with van der Waals surface area (Å²) < 4.78 is 12.0. The topological polar surface area (TPSA) is 85.6 Å². The van der Waals surface area contributed by atoms with Gasteiger partial charge in [-0.25, -0.2) is 9.48 Å². The predicted molar refractivity (Wildman–Crippen MR) is 93.0 cm³/mol. The Morgan fingerprint density at radius 1 is 1.08 bits per heavy atom. The van der Waals surface area contributed by atoms with Crippen molar-refractivity contribution in [2.24, 2.45) is 0 Å². The number of methoxy groups -OCH3 is 1. The maximum atomic E-state index is 10.5. The van der Waals surface area contributed by atoms with Crippen molar-refractivity contribution in [3.63, 3.8) is 0 Å². The van der Waals surface area contributed by atoms with Gasteiger partial charge in [0.2, 0.25) is 0 Å². The van der Waals surface area contributed by atoms with E-state index in [0.717, 1.165) is 17.1 Å². The van der Waals surface area contributed by atoms with Gasteiger partial charge in [0.15, 0.2) is 12.4 Å². The molecule has 25 heavy (non-hydrogen) atoms. The van der Waals surface area contributed by atoms with E-state index < -0.39 is 5.97 Å². The summed E-state index contributed by atoms with van der Waals surface area (Å²) in [6.07, 6.45) is 1.83. The highest BCUT2D eigenvalue weighted by molar-refractivity contribution is 5.68. The lowest BCUT2D eigenvalue weighted by molar-refractivity contribution is -0.139. The van der Waals surface area contributed by atoms with Crippen molar-refractivity contribution >= 4 is 17.5 Å². The molecule has 0 aliphatic heterocycles. The van der Waals surface area contributed by atoms with E-state index in [-0.39, 0.29) is 6.61 Å². The summed E-state index contributed by atoms with van der Waals surface area (Å²) in [6, 6.07) is 16.4. The second-order valence-corrected chi connectivity index (χ2v) is 5.18. The number of hydrogen-bond donors (Lipinski definition) is 2. The zero-order valence-corrected chi connectivity index (χ0v) is 13.5. The summed E-state index contributed by atoms with van der Waals surface area (Å²) in [7, 11) is 1.63. The number of hydrogen-bond acceptors (Lipinski definition) is 5. The molecule has 0 saturated heterocycles. The Labute approximate surface area is 144 Å². The molecule has 7 nitrogen and oxygen atoms in total. The fourth-order valence-electron chi connectivity index (χ4n) is 2.20. The molecule has 2 N–H and O–H groups in total. The van der Waals surface area contributed by atoms with E-state index in [1.165, 1.54) is 0 Å². The molecule has 0 amide bonds. The maximum Gasteiger partial charge on any atom is 0.341 e. The standard InChI is InChI=1S/C18H17N3O4/c1-24-15-6-2-13(3-7-15)19-17-10-11-21(20-17)14-4-8-16(9-5-14)25-12-18(22)23/h2-11H,12H2,1H3,(H,19,20)(H,22,23). The summed E-state index contributed by atoms with van der Waals surface area (Å²) >= 11 is 0. The van der Waals surface area contributed by atoms with E-state index in [2.05, 4.69) is 10.4 Å². The highest BCUT2D eigenvalue weighted by Crippen LogP contribution is 2.20. The Hall–Kier alpha value is -3.48. The average Bonchev–Trinajstić information content (AvgIpc) is 3.09. The molecule has 128 valence electrons. The van der Waals surface area contributed by atoms with Crippen LogP contribution in [0.4, 0.5) is 11.5 Å². The van der Waals surface area contributed by atoms with Gasteiger partial charge in [0.1, 0.15) is 11.5 Å². The van der Waals surface area contributed by atoms with Crippen LogP contribution in [0.1, 0.15) is 0 Å². The highest BCUT2D eigenvalue weighted by atomic mass is 16.5. The Bertz CT molecular complexity index is 842. The summed E-state index contributed by atoms with van der Waals surface area (Å²) in [6.45, 7) is -0.364. The quantitative estimate of drug-likeness (QED) is 0.688. The number of nitrogens with zero attached hydrogens (tertiary/aromatic N) is 2. The van der Waals surface area contributed by atoms with Gasteiger partial charge in [-0.2, -0.15) is 5.10 Å². The number of carboxylic acid groups (broad SMARTS) is 1. The predicted octanol–water partition coefficient (Wildman–Crippen LogP) is 3.09. The van der Waals surface area contributed by atoms with Gasteiger partial charge in [0, 0.05) is 18.0 Å². The van der Waals surface area contributed by atoms with E-state index in [1.54, 1.807) is 36.1 Å². The number of aromatic nitrogens is 2. The van der Waals surface area contributed by atoms with Crippen LogP contribution in [-0.2, 0) is 4.79 Å². The molecule has 3 aromatic rings. The summed E-state index contributed by atoms with van der Waals surface area (Å²) in [4.78, 5) is 10.5. The molecular formula is C18H17N3O4. The van der Waals surface area contributed by atoms with Crippen molar-refractivity contribution in [2.45, 2.75) is 0 Å². The fraction of sp³-hybridized carbons (Fsp3) is 0.111. The SMILES string of the molecule is COc1ccc(Nc2ccn(-c3ccc(OCC(=O)O)cc3)n2)cc1. The number of ether oxygens (including phenoxy) is 2. The van der Waals surface area contributed by atoms with Crippen LogP contribution in [0.15, 0.2) is 60.8 Å². The molecule has 2 aromatic carbocycles. The lowest BCUT2D eigenvalue weighted by atomic mass is 10.3. The number of anilines is 2. The Balaban J connectivity index is 1.66. The lowest BCUT2D eigenvalue weighted by Gasteiger charge is -2.06. The van der Waals surface area contributed by atoms with Gasteiger partial charge in [-0.3, -0.25) is 0 Å². The third-order valence-electron chi connectivity index (χ3n) is 3.42. The summed E-state index contributed by atoms with van der Waals surface area (Å²) in [5.74, 6) is 0.984. The van der Waals surface area contributed by atoms with Gasteiger partial charge in [-0.05, 0) is 48.5 Å². The van der Waals surface area contributed by atoms with Crippen LogP contribution in [0.2, 0.25) is 0 Å². The molecule has 0 saturated carbocycles. The Morgan fingerprint density at radius 2 is 1.76 bits per heavy atom. The first-order valence-corrected chi connectivity index (χ1v) is 7.56. The molecule has 3 rings (SSSR count). The molecule has 0 fully saturated rings. The van der Waals surface area contributed by atoms with Crippen molar-refractivity contribution < 1.29 is 19.4 Å². The van der Waals surface area contributed by atoms with Crippen LogP contribution in [0.25, 0.3) is 5.69 Å². The molecule has 0 spiro atoms. The molecule has 0 aliphatic carbocycles. The summed E-state index contributed by atoms with van der Waals surface area (Å²) in [5, 5.41) is 16.3. The van der Waals surface area contributed by atoms with Gasteiger partial charge < -0.3 is 19.9 Å². The molecule has 1 aromatic heterocycles. The van der Waals surface area contributed by atoms with Crippen molar-refractivity contribution in [3.8, 4) is 17.2 Å². The number of nitrogens with one attached hydrogen (secondary N) is 1. The molecule has 7 heteroatoms. The molecule has 0 aliphatic rings. The van der Waals surface area contributed by atoms with Gasteiger partial charge >= 0.3 is 5.97 Å². The van der Waals surface area contributed by atoms with Gasteiger partial charge in [-0.1, -0.05) is 0 Å². The first-order chi connectivity index (χ1) is 12.1. The van der Waals surface area contributed by atoms with Crippen LogP contribution in [-0.4, -0.2) is 34.6 Å². The van der Waals surface area contributed by atoms with Gasteiger partial charge in [0.05, 0.1) is 12.8 Å². The monoisotopic (exact) mass is 339 g/mol. The Kier molecular flexibility index (Phi) is 4.84. The van der Waals surface area contributed by atoms with E-state index in [9.17, 15) is 4.79 Å². The van der Waals surface area contributed by atoms with E-state index >= 15 is 0 Å². The van der Waals surface area contributed by atoms with Crippen LogP contribution < -0.4 is 14.8 Å². The number of rotatable bonds is 7. The van der Waals surface area contributed by atoms with Gasteiger partial charge in [0.25, 0.3) is 0 Å². The largest absolute Gasteiger partial charge is 0.497 e. The van der Waals surface area contributed by atoms with Crippen LogP contribution in [0.5, 0.6) is 11.5 Å². The summed E-state index contributed by atoms with van der Waals surface area (Å²) in [5.41, 5.74) is 1.74. The van der Waals surface area contributed by atoms with Gasteiger partial charge in [-0.15, -0.1) is 0 Å². The van der Waals surface area contributed by atoms with E-state index in [1.807, 2.05) is 36.5 Å². The molecule has 0 bridgehead atoms. The fourth-order valence-corrected chi connectivity index (χ4v) is 2.20. The third-order valence-corrected chi connectivity index (χ3v) is 3.42. The minimum atomic E-state index is -1.01. The highest BCUT2D eigenvalue weighted by Gasteiger charge is 2.04. The average molecular weight is 339 g/mol. The number of benzene rings is 2. The van der Waals surface area contributed by atoms with Crippen molar-refractivity contribution in [3.05, 3.63) is 60.8 Å². The zero-order chi connectivity index (χ0) is 17.6. The number of aliphatic carboxylic acids is 1. The zero-order valence-electron chi connectivity index (χ0n) is 13.5. The first kappa shape index (κ1) is 16.4. The smallest absolute Gasteiger partial charge is 0.341 e. The maximum absolute atomic E-state index is 10.5. The lowest BCUT2D eigenvalue weighted by Crippen LogP contribution is -2.09. The number of carbonyl (C=O) groups is 1. The van der Waals surface area contributed by atoms with E-state index in [0.29, 0.717) is 11.6 Å². The normalized spacial score (nSPS) is 10.3. The first-order valence-electron chi connectivity index (χ1n) is 7.56. The van der Waals surface area contributed by atoms with Crippen molar-refractivity contribution in [1.29, 1.82) is 0 Å². The Morgan fingerprint density at radius 3 is 2.40 bits per heavy atom. The third kappa shape index (κ3) is 4.29. The second kappa shape index (κ2) is 7.39. The minimum absolute atomic E-state index is 0.364. The molecule has 0 unspecified atom stereocenters. The number of carboxylic acids is 1. The molecule has 0 atom stereocenters. The van der Waals surface area contributed by atoms with E-state index in [4.69, 9.17) is 14.6 Å². The van der Waals surface area contributed by atoms with Crippen LogP contribution in [0.3, 0.4) is 0 Å². The van der Waals surface area contributed by atoms with Crippen LogP contribution >= 0.6 is 0 Å². The minimum Gasteiger partial charge on any atom is -0.497 e. The molecule has 1 heterocycles. The van der Waals surface area contributed by atoms with Crippen molar-refractivity contribution in [2.75, 3.05) is 19.0 Å². The second-order valence-electron chi connectivity index (χ2n) is 5.18.